The number of thiophene rings is 1. The molecule has 6 heteroatoms. The second kappa shape index (κ2) is 9.44. The molecule has 2 aromatic rings. The van der Waals surface area contributed by atoms with Crippen molar-refractivity contribution < 1.29 is 14.3 Å². The van der Waals surface area contributed by atoms with Gasteiger partial charge >= 0.3 is 0 Å². The van der Waals surface area contributed by atoms with Crippen molar-refractivity contribution in [2.75, 3.05) is 19.7 Å². The average molecular weight is 415 g/mol. The van der Waals surface area contributed by atoms with Crippen molar-refractivity contribution >= 4 is 23.2 Å². The van der Waals surface area contributed by atoms with Gasteiger partial charge in [0.25, 0.3) is 0 Å². The van der Waals surface area contributed by atoms with Gasteiger partial charge in [-0.3, -0.25) is 9.59 Å². The minimum Gasteiger partial charge on any atom is -0.491 e. The molecule has 0 bridgehead atoms. The molecule has 0 fully saturated rings. The number of carbonyl (C=O) groups is 2. The van der Waals surface area contributed by atoms with Crippen molar-refractivity contribution in [2.45, 2.75) is 52.6 Å². The Morgan fingerprint density at radius 3 is 2.62 bits per heavy atom. The van der Waals surface area contributed by atoms with Crippen LogP contribution in [0, 0.1) is 6.92 Å². The van der Waals surface area contributed by atoms with E-state index in [-0.39, 0.29) is 30.4 Å². The van der Waals surface area contributed by atoms with Gasteiger partial charge in [0, 0.05) is 23.9 Å². The molecule has 3 rings (SSSR count). The van der Waals surface area contributed by atoms with Crippen LogP contribution in [0.1, 0.15) is 49.2 Å². The van der Waals surface area contributed by atoms with Crippen LogP contribution >= 0.6 is 11.3 Å². The topological polar surface area (TPSA) is 49.9 Å². The number of benzene rings is 1. The normalized spacial score (nSPS) is 15.9. The van der Waals surface area contributed by atoms with Gasteiger partial charge < -0.3 is 14.5 Å². The van der Waals surface area contributed by atoms with Crippen LogP contribution in [0.2, 0.25) is 0 Å². The van der Waals surface area contributed by atoms with E-state index in [4.69, 9.17) is 4.74 Å². The lowest BCUT2D eigenvalue weighted by atomic mass is 10.00. The second-order valence-electron chi connectivity index (χ2n) is 7.75. The SMILES string of the molecule is CCC(=O)N(CC(=O)N1CCc2sccc2[C@@H]1COc1ccc(C)cc1)C(C)C. The van der Waals surface area contributed by atoms with Gasteiger partial charge in [0.2, 0.25) is 11.8 Å². The maximum absolute atomic E-state index is 13.2. The fourth-order valence-corrected chi connectivity index (χ4v) is 4.61. The largest absolute Gasteiger partial charge is 0.491 e. The van der Waals surface area contributed by atoms with Crippen molar-refractivity contribution in [1.29, 1.82) is 0 Å². The summed E-state index contributed by atoms with van der Waals surface area (Å²) in [5.41, 5.74) is 2.35. The molecule has 0 saturated carbocycles. The Bertz CT molecular complexity index is 844. The number of hydrogen-bond donors (Lipinski definition) is 0. The Hall–Kier alpha value is -2.34. The van der Waals surface area contributed by atoms with Crippen LogP contribution in [0.3, 0.4) is 0 Å². The van der Waals surface area contributed by atoms with E-state index in [1.165, 1.54) is 16.0 Å². The van der Waals surface area contributed by atoms with E-state index in [1.54, 1.807) is 16.2 Å². The highest BCUT2D eigenvalue weighted by Crippen LogP contribution is 2.34. The zero-order valence-corrected chi connectivity index (χ0v) is 18.5. The summed E-state index contributed by atoms with van der Waals surface area (Å²) in [6, 6.07) is 9.91. The Labute approximate surface area is 177 Å². The van der Waals surface area contributed by atoms with Crippen LogP contribution in [-0.4, -0.2) is 47.4 Å². The van der Waals surface area contributed by atoms with Crippen molar-refractivity contribution in [3.63, 3.8) is 0 Å². The monoisotopic (exact) mass is 414 g/mol. The highest BCUT2D eigenvalue weighted by atomic mass is 32.1. The number of rotatable bonds is 7. The van der Waals surface area contributed by atoms with Crippen molar-refractivity contribution in [3.05, 3.63) is 51.7 Å². The zero-order chi connectivity index (χ0) is 21.0. The third-order valence-corrected chi connectivity index (χ3v) is 6.39. The van der Waals surface area contributed by atoms with E-state index < -0.39 is 0 Å². The van der Waals surface area contributed by atoms with Crippen LogP contribution < -0.4 is 4.74 Å². The summed E-state index contributed by atoms with van der Waals surface area (Å²) in [5, 5.41) is 2.08. The van der Waals surface area contributed by atoms with Gasteiger partial charge in [-0.15, -0.1) is 11.3 Å². The molecule has 156 valence electrons. The van der Waals surface area contributed by atoms with Crippen molar-refractivity contribution in [3.8, 4) is 5.75 Å². The Kier molecular flexibility index (Phi) is 6.96. The summed E-state index contributed by atoms with van der Waals surface area (Å²) < 4.78 is 6.06. The lowest BCUT2D eigenvalue weighted by Crippen LogP contribution is -2.49. The predicted octanol–water partition coefficient (Wildman–Crippen LogP) is 4.21. The van der Waals surface area contributed by atoms with E-state index in [2.05, 4.69) is 11.4 Å². The Morgan fingerprint density at radius 2 is 1.97 bits per heavy atom. The number of carbonyl (C=O) groups excluding carboxylic acids is 2. The fourth-order valence-electron chi connectivity index (χ4n) is 3.68. The summed E-state index contributed by atoms with van der Waals surface area (Å²) in [6.07, 6.45) is 1.25. The molecule has 0 N–H and O–H groups in total. The van der Waals surface area contributed by atoms with Crippen LogP contribution in [0.15, 0.2) is 35.7 Å². The molecule has 0 aliphatic carbocycles. The van der Waals surface area contributed by atoms with Crippen LogP contribution in [0.4, 0.5) is 0 Å². The van der Waals surface area contributed by atoms with E-state index in [9.17, 15) is 9.59 Å². The van der Waals surface area contributed by atoms with Gasteiger partial charge in [-0.1, -0.05) is 24.6 Å². The number of nitrogens with zero attached hydrogens (tertiary/aromatic N) is 2. The van der Waals surface area contributed by atoms with Gasteiger partial charge in [0.05, 0.1) is 12.6 Å². The fraction of sp³-hybridized carbons (Fsp3) is 0.478. The summed E-state index contributed by atoms with van der Waals surface area (Å²) in [4.78, 5) is 30.4. The summed E-state index contributed by atoms with van der Waals surface area (Å²) in [6.45, 7) is 8.95. The average Bonchev–Trinajstić information content (AvgIpc) is 3.19. The molecular weight excluding hydrogens is 384 g/mol. The number of aryl methyl sites for hydroxylation is 1. The van der Waals surface area contributed by atoms with E-state index in [0.717, 1.165) is 12.2 Å². The quantitative estimate of drug-likeness (QED) is 0.682. The maximum atomic E-state index is 13.2. The summed E-state index contributed by atoms with van der Waals surface area (Å²) in [5.74, 6) is 0.791. The van der Waals surface area contributed by atoms with Gasteiger partial charge in [0.15, 0.2) is 0 Å². The van der Waals surface area contributed by atoms with Crippen molar-refractivity contribution in [2.24, 2.45) is 0 Å². The molecule has 0 saturated heterocycles. The lowest BCUT2D eigenvalue weighted by Gasteiger charge is -2.37. The molecule has 1 aliphatic heterocycles. The molecule has 2 heterocycles. The summed E-state index contributed by atoms with van der Waals surface area (Å²) in [7, 11) is 0. The maximum Gasteiger partial charge on any atom is 0.242 e. The molecule has 0 spiro atoms. The van der Waals surface area contributed by atoms with E-state index in [1.807, 2.05) is 56.9 Å². The first-order chi connectivity index (χ1) is 13.9. The van der Waals surface area contributed by atoms with Gasteiger partial charge in [-0.25, -0.2) is 0 Å². The van der Waals surface area contributed by atoms with Crippen LogP contribution in [0.5, 0.6) is 5.75 Å². The first-order valence-corrected chi connectivity index (χ1v) is 11.1. The van der Waals surface area contributed by atoms with E-state index >= 15 is 0 Å². The molecule has 0 radical (unpaired) electrons. The molecule has 1 aliphatic rings. The number of fused-ring (bicyclic) bond motifs is 1. The summed E-state index contributed by atoms with van der Waals surface area (Å²) >= 11 is 1.74. The van der Waals surface area contributed by atoms with Gasteiger partial charge in [0.1, 0.15) is 12.4 Å². The molecule has 5 nitrogen and oxygen atoms in total. The standard InChI is InChI=1S/C23H30N2O3S/c1-5-22(26)25(16(2)3)14-23(27)24-12-10-21-19(11-13-29-21)20(24)15-28-18-8-6-17(4)7-9-18/h6-9,11,13,16,20H,5,10,12,14-15H2,1-4H3/t20-/m0/s1. The minimum absolute atomic E-state index is 0.00448. The van der Waals surface area contributed by atoms with E-state index in [0.29, 0.717) is 19.6 Å². The molecule has 1 aromatic heterocycles. The van der Waals surface area contributed by atoms with Gasteiger partial charge in [-0.2, -0.15) is 0 Å². The number of ether oxygens (including phenoxy) is 1. The molecule has 1 aromatic carbocycles. The number of amides is 2. The smallest absolute Gasteiger partial charge is 0.242 e. The van der Waals surface area contributed by atoms with Crippen LogP contribution in [0.25, 0.3) is 0 Å². The van der Waals surface area contributed by atoms with Crippen molar-refractivity contribution in [1.82, 2.24) is 9.80 Å². The van der Waals surface area contributed by atoms with Gasteiger partial charge in [-0.05, 0) is 56.3 Å². The predicted molar refractivity (Wildman–Crippen MR) is 116 cm³/mol. The third kappa shape index (κ3) is 4.99. The molecule has 2 amide bonds. The second-order valence-corrected chi connectivity index (χ2v) is 8.75. The third-order valence-electron chi connectivity index (χ3n) is 5.40. The molecular formula is C23H30N2O3S. The molecule has 1 atom stereocenters. The number of hydrogen-bond acceptors (Lipinski definition) is 4. The highest BCUT2D eigenvalue weighted by Gasteiger charge is 2.33. The first-order valence-electron chi connectivity index (χ1n) is 10.2. The minimum atomic E-state index is -0.135. The lowest BCUT2D eigenvalue weighted by molar-refractivity contribution is -0.144. The Morgan fingerprint density at radius 1 is 1.24 bits per heavy atom. The van der Waals surface area contributed by atoms with Crippen LogP contribution in [-0.2, 0) is 16.0 Å². The Balaban J connectivity index is 1.77. The highest BCUT2D eigenvalue weighted by molar-refractivity contribution is 7.10. The zero-order valence-electron chi connectivity index (χ0n) is 17.7. The first kappa shape index (κ1) is 21.4. The molecule has 29 heavy (non-hydrogen) atoms. The molecule has 0 unspecified atom stereocenters.